The van der Waals surface area contributed by atoms with Crippen molar-refractivity contribution < 1.29 is 18.4 Å². The number of anilines is 4. The molecule has 1 aromatic carbocycles. The average Bonchev–Trinajstić information content (AvgIpc) is 3.35. The number of piperazine rings is 1. The summed E-state index contributed by atoms with van der Waals surface area (Å²) in [7, 11) is -3.13. The van der Waals surface area contributed by atoms with Crippen LogP contribution < -0.4 is 15.5 Å². The van der Waals surface area contributed by atoms with Gasteiger partial charge in [0.25, 0.3) is 5.91 Å². The summed E-state index contributed by atoms with van der Waals surface area (Å²) in [5.41, 5.74) is 1.46. The first-order valence-corrected chi connectivity index (χ1v) is 15.6. The predicted octanol–water partition coefficient (Wildman–Crippen LogP) is 5.54. The first-order valence-electron chi connectivity index (χ1n) is 12.7. The van der Waals surface area contributed by atoms with Crippen LogP contribution in [-0.2, 0) is 13.6 Å². The highest BCUT2D eigenvalue weighted by Gasteiger charge is 2.29. The van der Waals surface area contributed by atoms with E-state index in [1.807, 2.05) is 45.9 Å². The molecular formula is C25H33ClN7O4PS. The van der Waals surface area contributed by atoms with Crippen LogP contribution in [0.4, 0.5) is 22.5 Å². The van der Waals surface area contributed by atoms with Crippen molar-refractivity contribution >= 4 is 58.9 Å². The van der Waals surface area contributed by atoms with Gasteiger partial charge in [0, 0.05) is 32.2 Å². The Bertz CT molecular complexity index is 1320. The van der Waals surface area contributed by atoms with E-state index >= 15 is 0 Å². The monoisotopic (exact) mass is 593 g/mol. The SMILES string of the molecule is CCOP(=O)(CN1CCN(c2cc(Nc3ncc(C(=O)Nc4c(C)cccc4Cl)s3)nc(C)n2)CC1)OCC. The Morgan fingerprint density at radius 2 is 1.85 bits per heavy atom. The van der Waals surface area contributed by atoms with Crippen molar-refractivity contribution in [3.8, 4) is 0 Å². The van der Waals surface area contributed by atoms with Gasteiger partial charge in [-0.25, -0.2) is 15.0 Å². The topological polar surface area (TPSA) is 122 Å². The second-order valence-electron chi connectivity index (χ2n) is 8.89. The molecular weight excluding hydrogens is 561 g/mol. The van der Waals surface area contributed by atoms with Crippen LogP contribution in [0, 0.1) is 13.8 Å². The molecule has 4 rings (SSSR count). The molecule has 210 valence electrons. The Kier molecular flexibility index (Phi) is 9.92. The van der Waals surface area contributed by atoms with Crippen molar-refractivity contribution in [2.45, 2.75) is 27.7 Å². The molecule has 0 unspecified atom stereocenters. The zero-order valence-electron chi connectivity index (χ0n) is 22.4. The lowest BCUT2D eigenvalue weighted by Crippen LogP contribution is -2.47. The summed E-state index contributed by atoms with van der Waals surface area (Å²) in [4.78, 5) is 30.9. The van der Waals surface area contributed by atoms with Crippen molar-refractivity contribution in [1.82, 2.24) is 19.9 Å². The fourth-order valence-electron chi connectivity index (χ4n) is 4.17. The molecule has 2 N–H and O–H groups in total. The van der Waals surface area contributed by atoms with Gasteiger partial charge in [-0.05, 0) is 39.3 Å². The van der Waals surface area contributed by atoms with E-state index in [-0.39, 0.29) is 12.2 Å². The van der Waals surface area contributed by atoms with E-state index in [9.17, 15) is 9.36 Å². The molecule has 0 radical (unpaired) electrons. The molecule has 3 aromatic rings. The van der Waals surface area contributed by atoms with E-state index in [0.717, 1.165) is 11.4 Å². The van der Waals surface area contributed by atoms with Crippen molar-refractivity contribution in [2.75, 3.05) is 61.2 Å². The minimum absolute atomic E-state index is 0.272. The van der Waals surface area contributed by atoms with Gasteiger partial charge in [0.1, 0.15) is 28.6 Å². The number of halogens is 1. The summed E-state index contributed by atoms with van der Waals surface area (Å²) >= 11 is 7.46. The Balaban J connectivity index is 1.38. The van der Waals surface area contributed by atoms with Gasteiger partial charge in [0.2, 0.25) is 0 Å². The van der Waals surface area contributed by atoms with Crippen LogP contribution in [0.1, 0.15) is 34.9 Å². The lowest BCUT2D eigenvalue weighted by molar-refractivity contribution is 0.103. The zero-order valence-corrected chi connectivity index (χ0v) is 24.9. The number of nitrogens with zero attached hydrogens (tertiary/aromatic N) is 5. The van der Waals surface area contributed by atoms with Crippen LogP contribution in [0.5, 0.6) is 0 Å². The molecule has 1 amide bonds. The number of para-hydroxylation sites is 1. The molecule has 14 heteroatoms. The predicted molar refractivity (Wildman–Crippen MR) is 156 cm³/mol. The van der Waals surface area contributed by atoms with Gasteiger partial charge in [0.15, 0.2) is 5.13 Å². The second-order valence-corrected chi connectivity index (χ2v) is 12.4. The minimum Gasteiger partial charge on any atom is -0.354 e. The lowest BCUT2D eigenvalue weighted by Gasteiger charge is -2.36. The summed E-state index contributed by atoms with van der Waals surface area (Å²) < 4.78 is 23.8. The Morgan fingerprint density at radius 3 is 2.51 bits per heavy atom. The molecule has 1 saturated heterocycles. The van der Waals surface area contributed by atoms with Crippen LogP contribution in [0.2, 0.25) is 5.02 Å². The third-order valence-electron chi connectivity index (χ3n) is 5.97. The number of benzene rings is 1. The van der Waals surface area contributed by atoms with Crippen molar-refractivity contribution in [3.63, 3.8) is 0 Å². The maximum absolute atomic E-state index is 12.9. The highest BCUT2D eigenvalue weighted by Crippen LogP contribution is 2.48. The standard InChI is InChI=1S/C25H33ClN7O4PS/c1-5-36-38(35,37-6-2)16-32-10-12-33(13-11-32)22-14-21(28-18(4)29-22)30-25-27-15-20(39-25)24(34)31-23-17(3)8-7-9-19(23)26/h7-9,14-15H,5-6,10-13,16H2,1-4H3,(H,31,34)(H,27,28,29,30). The molecule has 0 bridgehead atoms. The summed E-state index contributed by atoms with van der Waals surface area (Å²) in [6, 6.07) is 7.32. The number of carbonyl (C=O) groups excluding carboxylic acids is 1. The summed E-state index contributed by atoms with van der Waals surface area (Å²) in [5.74, 6) is 1.69. The molecule has 0 saturated carbocycles. The molecule has 0 aliphatic carbocycles. The number of aryl methyl sites for hydroxylation is 2. The van der Waals surface area contributed by atoms with E-state index in [2.05, 4.69) is 35.4 Å². The summed E-state index contributed by atoms with van der Waals surface area (Å²) in [6.07, 6.45) is 1.79. The Labute approximate surface area is 237 Å². The van der Waals surface area contributed by atoms with Crippen molar-refractivity contribution in [3.05, 3.63) is 51.7 Å². The maximum Gasteiger partial charge on any atom is 0.344 e. The maximum atomic E-state index is 12.9. The highest BCUT2D eigenvalue weighted by atomic mass is 35.5. The second kappa shape index (κ2) is 13.2. The zero-order chi connectivity index (χ0) is 28.0. The molecule has 1 fully saturated rings. The van der Waals surface area contributed by atoms with E-state index in [1.165, 1.54) is 17.5 Å². The number of carbonyl (C=O) groups is 1. The summed E-state index contributed by atoms with van der Waals surface area (Å²) in [6.45, 7) is 10.9. The number of amides is 1. The number of rotatable bonds is 11. The number of thiazole rings is 1. The van der Waals surface area contributed by atoms with Gasteiger partial charge in [-0.3, -0.25) is 14.3 Å². The molecule has 39 heavy (non-hydrogen) atoms. The Morgan fingerprint density at radius 1 is 1.13 bits per heavy atom. The summed E-state index contributed by atoms with van der Waals surface area (Å²) in [5, 5.41) is 7.08. The molecule has 11 nitrogen and oxygen atoms in total. The third kappa shape index (κ3) is 7.75. The number of nitrogens with one attached hydrogen (secondary N) is 2. The van der Waals surface area contributed by atoms with Gasteiger partial charge in [0.05, 0.1) is 30.1 Å². The van der Waals surface area contributed by atoms with E-state index in [0.29, 0.717) is 71.8 Å². The Hall–Kier alpha value is -2.60. The highest BCUT2D eigenvalue weighted by molar-refractivity contribution is 7.53. The van der Waals surface area contributed by atoms with Crippen LogP contribution in [0.15, 0.2) is 30.5 Å². The van der Waals surface area contributed by atoms with Crippen molar-refractivity contribution in [1.29, 1.82) is 0 Å². The first-order chi connectivity index (χ1) is 18.7. The van der Waals surface area contributed by atoms with Gasteiger partial charge < -0.3 is 24.6 Å². The van der Waals surface area contributed by atoms with Crippen molar-refractivity contribution in [2.24, 2.45) is 0 Å². The lowest BCUT2D eigenvalue weighted by atomic mass is 10.2. The van der Waals surface area contributed by atoms with E-state index < -0.39 is 7.60 Å². The number of hydrogen-bond acceptors (Lipinski definition) is 11. The van der Waals surface area contributed by atoms with E-state index in [4.69, 9.17) is 20.6 Å². The van der Waals surface area contributed by atoms with Gasteiger partial charge >= 0.3 is 7.60 Å². The average molecular weight is 594 g/mol. The fourth-order valence-corrected chi connectivity index (χ4v) is 6.95. The van der Waals surface area contributed by atoms with Gasteiger partial charge in [-0.1, -0.05) is 35.1 Å². The molecule has 0 atom stereocenters. The van der Waals surface area contributed by atoms with Gasteiger partial charge in [-0.15, -0.1) is 0 Å². The fraction of sp³-hybridized carbons (Fsp3) is 0.440. The van der Waals surface area contributed by atoms with Gasteiger partial charge in [-0.2, -0.15) is 0 Å². The number of aromatic nitrogens is 3. The van der Waals surface area contributed by atoms with Crippen LogP contribution in [0.3, 0.4) is 0 Å². The molecule has 0 spiro atoms. The molecule has 1 aliphatic rings. The smallest absolute Gasteiger partial charge is 0.344 e. The normalized spacial score (nSPS) is 14.4. The quantitative estimate of drug-likeness (QED) is 0.274. The van der Waals surface area contributed by atoms with E-state index in [1.54, 1.807) is 6.07 Å². The molecule has 3 heterocycles. The van der Waals surface area contributed by atoms with Crippen LogP contribution in [0.25, 0.3) is 0 Å². The molecule has 1 aliphatic heterocycles. The first kappa shape index (κ1) is 29.4. The minimum atomic E-state index is -3.13. The van der Waals surface area contributed by atoms with Crippen LogP contribution >= 0.6 is 30.5 Å². The molecule has 2 aromatic heterocycles. The van der Waals surface area contributed by atoms with Crippen LogP contribution in [-0.4, -0.2) is 71.4 Å². The largest absolute Gasteiger partial charge is 0.354 e. The third-order valence-corrected chi connectivity index (χ3v) is 9.25. The number of hydrogen-bond donors (Lipinski definition) is 2.